The molecule has 3 heterocycles. The topological polar surface area (TPSA) is 78.9 Å². The summed E-state index contributed by atoms with van der Waals surface area (Å²) in [6.07, 6.45) is 5.31. The maximum atomic E-state index is 11.9. The maximum Gasteiger partial charge on any atom is 0.341 e. The van der Waals surface area contributed by atoms with E-state index in [1.807, 2.05) is 6.07 Å². The van der Waals surface area contributed by atoms with E-state index < -0.39 is 5.97 Å². The van der Waals surface area contributed by atoms with Gasteiger partial charge in [-0.15, -0.1) is 0 Å². The van der Waals surface area contributed by atoms with E-state index >= 15 is 0 Å². The summed E-state index contributed by atoms with van der Waals surface area (Å²) in [7, 11) is 1.34. The number of rotatable bonds is 4. The number of carbonyl (C=O) groups is 1. The number of nitrogens with one attached hydrogen (secondary N) is 1. The van der Waals surface area contributed by atoms with Crippen LogP contribution in [-0.2, 0) is 4.74 Å². The highest BCUT2D eigenvalue weighted by molar-refractivity contribution is 5.93. The number of ether oxygens (including phenoxy) is 4. The van der Waals surface area contributed by atoms with Crippen LogP contribution >= 0.6 is 0 Å². The number of aromatic nitrogens is 1. The van der Waals surface area contributed by atoms with Crippen LogP contribution in [0.1, 0.15) is 34.9 Å². The SMILES string of the molecule is COC(=O)c1cccc2c1OCC(c1cncc(OC3CCNCC3)c1)O2. The van der Waals surface area contributed by atoms with Crippen LogP contribution in [0.4, 0.5) is 0 Å². The molecular weight excluding hydrogens is 348 g/mol. The Labute approximate surface area is 157 Å². The van der Waals surface area contributed by atoms with Gasteiger partial charge in [0.2, 0.25) is 0 Å². The number of nitrogens with zero attached hydrogens (tertiary/aromatic N) is 1. The molecule has 1 aromatic heterocycles. The van der Waals surface area contributed by atoms with Crippen LogP contribution in [0.25, 0.3) is 0 Å². The molecule has 7 heteroatoms. The molecule has 7 nitrogen and oxygen atoms in total. The number of hydrogen-bond donors (Lipinski definition) is 1. The van der Waals surface area contributed by atoms with Crippen molar-refractivity contribution in [3.05, 3.63) is 47.8 Å². The van der Waals surface area contributed by atoms with E-state index in [0.29, 0.717) is 17.1 Å². The summed E-state index contributed by atoms with van der Waals surface area (Å²) in [6, 6.07) is 7.12. The third-order valence-corrected chi connectivity index (χ3v) is 4.73. The van der Waals surface area contributed by atoms with Gasteiger partial charge in [0.1, 0.15) is 24.0 Å². The van der Waals surface area contributed by atoms with Crippen LogP contribution in [0, 0.1) is 0 Å². The molecule has 0 spiro atoms. The van der Waals surface area contributed by atoms with Crippen molar-refractivity contribution in [2.45, 2.75) is 25.0 Å². The molecular formula is C20H22N2O5. The number of methoxy groups -OCH3 is 1. The molecule has 4 rings (SSSR count). The lowest BCUT2D eigenvalue weighted by atomic mass is 10.1. The van der Waals surface area contributed by atoms with Gasteiger partial charge in [0.15, 0.2) is 17.6 Å². The number of fused-ring (bicyclic) bond motifs is 1. The third-order valence-electron chi connectivity index (χ3n) is 4.73. The van der Waals surface area contributed by atoms with Gasteiger partial charge in [-0.05, 0) is 44.1 Å². The van der Waals surface area contributed by atoms with Gasteiger partial charge in [0, 0.05) is 11.8 Å². The molecule has 2 aliphatic rings. The fourth-order valence-electron chi connectivity index (χ4n) is 3.32. The molecule has 27 heavy (non-hydrogen) atoms. The van der Waals surface area contributed by atoms with Gasteiger partial charge < -0.3 is 24.3 Å². The normalized spacial score (nSPS) is 19.4. The highest BCUT2D eigenvalue weighted by Crippen LogP contribution is 2.39. The van der Waals surface area contributed by atoms with E-state index in [2.05, 4.69) is 10.3 Å². The first kappa shape index (κ1) is 17.6. The van der Waals surface area contributed by atoms with Gasteiger partial charge in [-0.25, -0.2) is 4.79 Å². The number of piperidine rings is 1. The highest BCUT2D eigenvalue weighted by atomic mass is 16.6. The number of esters is 1. The molecule has 1 fully saturated rings. The number of para-hydroxylation sites is 1. The second-order valence-electron chi connectivity index (χ2n) is 6.56. The first-order valence-corrected chi connectivity index (χ1v) is 9.07. The predicted molar refractivity (Wildman–Crippen MR) is 97.4 cm³/mol. The van der Waals surface area contributed by atoms with Crippen LogP contribution in [0.15, 0.2) is 36.7 Å². The molecule has 142 valence electrons. The molecule has 0 saturated carbocycles. The number of pyridine rings is 1. The summed E-state index contributed by atoms with van der Waals surface area (Å²) in [5.41, 5.74) is 1.23. The van der Waals surface area contributed by atoms with Crippen LogP contribution < -0.4 is 19.5 Å². The largest absolute Gasteiger partial charge is 0.489 e. The molecule has 1 N–H and O–H groups in total. The summed E-state index contributed by atoms with van der Waals surface area (Å²) >= 11 is 0. The average Bonchev–Trinajstić information content (AvgIpc) is 2.73. The van der Waals surface area contributed by atoms with E-state index in [0.717, 1.165) is 37.2 Å². The minimum Gasteiger partial charge on any atom is -0.489 e. The van der Waals surface area contributed by atoms with E-state index in [1.54, 1.807) is 30.6 Å². The molecule has 0 bridgehead atoms. The number of carbonyl (C=O) groups excluding carboxylic acids is 1. The van der Waals surface area contributed by atoms with Gasteiger partial charge >= 0.3 is 5.97 Å². The summed E-state index contributed by atoms with van der Waals surface area (Å²) < 4.78 is 22.7. The fourth-order valence-corrected chi connectivity index (χ4v) is 3.32. The summed E-state index contributed by atoms with van der Waals surface area (Å²) in [5, 5.41) is 3.32. The Morgan fingerprint density at radius 1 is 1.26 bits per heavy atom. The summed E-state index contributed by atoms with van der Waals surface area (Å²) in [6.45, 7) is 2.22. The van der Waals surface area contributed by atoms with Crippen molar-refractivity contribution >= 4 is 5.97 Å². The van der Waals surface area contributed by atoms with Crippen molar-refractivity contribution in [3.63, 3.8) is 0 Å². The Kier molecular flexibility index (Phi) is 5.11. The van der Waals surface area contributed by atoms with Gasteiger partial charge in [0.05, 0.1) is 13.3 Å². The van der Waals surface area contributed by atoms with Crippen molar-refractivity contribution in [3.8, 4) is 17.2 Å². The standard InChI is InChI=1S/C20H22N2O5/c1-24-20(23)16-3-2-4-17-19(16)25-12-18(27-17)13-9-15(11-22-10-13)26-14-5-7-21-8-6-14/h2-4,9-11,14,18,21H,5-8,12H2,1H3. The van der Waals surface area contributed by atoms with Gasteiger partial charge in [0.25, 0.3) is 0 Å². The zero-order valence-electron chi connectivity index (χ0n) is 15.1. The van der Waals surface area contributed by atoms with Crippen molar-refractivity contribution < 1.29 is 23.7 Å². The Hall–Kier alpha value is -2.80. The smallest absolute Gasteiger partial charge is 0.341 e. The van der Waals surface area contributed by atoms with E-state index in [4.69, 9.17) is 18.9 Å². The highest BCUT2D eigenvalue weighted by Gasteiger charge is 2.27. The van der Waals surface area contributed by atoms with Gasteiger partial charge in [-0.1, -0.05) is 6.07 Å². The van der Waals surface area contributed by atoms with E-state index in [1.165, 1.54) is 7.11 Å². The quantitative estimate of drug-likeness (QED) is 0.829. The number of benzene rings is 1. The Balaban J connectivity index is 1.50. The molecule has 0 radical (unpaired) electrons. The van der Waals surface area contributed by atoms with Gasteiger partial charge in [-0.3, -0.25) is 4.98 Å². The first-order valence-electron chi connectivity index (χ1n) is 9.07. The molecule has 1 aromatic carbocycles. The lowest BCUT2D eigenvalue weighted by Crippen LogP contribution is -2.34. The Morgan fingerprint density at radius 2 is 2.11 bits per heavy atom. The third kappa shape index (κ3) is 3.83. The van der Waals surface area contributed by atoms with Crippen molar-refractivity contribution in [2.75, 3.05) is 26.8 Å². The molecule has 1 atom stereocenters. The first-order chi connectivity index (χ1) is 13.2. The lowest BCUT2D eigenvalue weighted by Gasteiger charge is -2.28. The molecule has 2 aliphatic heterocycles. The molecule has 1 saturated heterocycles. The molecule has 0 amide bonds. The zero-order valence-corrected chi connectivity index (χ0v) is 15.1. The predicted octanol–water partition coefficient (Wildman–Crippen LogP) is 2.51. The fraction of sp³-hybridized carbons (Fsp3) is 0.400. The second kappa shape index (κ2) is 7.84. The average molecular weight is 370 g/mol. The zero-order chi connectivity index (χ0) is 18.6. The van der Waals surface area contributed by atoms with E-state index in [-0.39, 0.29) is 18.8 Å². The minimum absolute atomic E-state index is 0.204. The Morgan fingerprint density at radius 3 is 2.93 bits per heavy atom. The summed E-state index contributed by atoms with van der Waals surface area (Å²) in [4.78, 5) is 16.2. The van der Waals surface area contributed by atoms with Crippen molar-refractivity contribution in [2.24, 2.45) is 0 Å². The van der Waals surface area contributed by atoms with Crippen molar-refractivity contribution in [1.29, 1.82) is 0 Å². The van der Waals surface area contributed by atoms with Crippen molar-refractivity contribution in [1.82, 2.24) is 10.3 Å². The molecule has 2 aromatic rings. The summed E-state index contributed by atoms with van der Waals surface area (Å²) in [5.74, 6) is 1.21. The monoisotopic (exact) mass is 370 g/mol. The van der Waals surface area contributed by atoms with Gasteiger partial charge in [-0.2, -0.15) is 0 Å². The molecule has 1 unspecified atom stereocenters. The number of hydrogen-bond acceptors (Lipinski definition) is 7. The molecule has 0 aliphatic carbocycles. The van der Waals surface area contributed by atoms with Crippen LogP contribution in [0.3, 0.4) is 0 Å². The Bertz CT molecular complexity index is 820. The van der Waals surface area contributed by atoms with Crippen LogP contribution in [0.2, 0.25) is 0 Å². The van der Waals surface area contributed by atoms with Crippen LogP contribution in [0.5, 0.6) is 17.2 Å². The second-order valence-corrected chi connectivity index (χ2v) is 6.56. The van der Waals surface area contributed by atoms with E-state index in [9.17, 15) is 4.79 Å². The minimum atomic E-state index is -0.451. The maximum absolute atomic E-state index is 11.9. The van der Waals surface area contributed by atoms with Crippen LogP contribution in [-0.4, -0.2) is 43.9 Å². The lowest BCUT2D eigenvalue weighted by molar-refractivity contribution is 0.0571.